The van der Waals surface area contributed by atoms with Crippen molar-refractivity contribution in [1.82, 2.24) is 4.90 Å². The van der Waals surface area contributed by atoms with Gasteiger partial charge in [0.1, 0.15) is 24.4 Å². The molecule has 0 aromatic carbocycles. The Balaban J connectivity index is 1.96. The molecule has 2 heterocycles. The highest BCUT2D eigenvalue weighted by Crippen LogP contribution is 2.39. The van der Waals surface area contributed by atoms with Gasteiger partial charge in [-0.05, 0) is 26.9 Å². The normalized spacial score (nSPS) is 34.5. The summed E-state index contributed by atoms with van der Waals surface area (Å²) in [5.74, 6) is -0.800. The number of likely N-dealkylation sites (N-methyl/N-ethyl adjacent to an activating group) is 1. The van der Waals surface area contributed by atoms with E-state index in [2.05, 4.69) is 4.90 Å². The van der Waals surface area contributed by atoms with Gasteiger partial charge in [0.2, 0.25) is 0 Å². The number of hydrogen-bond acceptors (Lipinski definition) is 8. The monoisotopic (exact) mass is 349 g/mol. The molecule has 0 radical (unpaired) electrons. The second-order valence-electron chi connectivity index (χ2n) is 6.76. The summed E-state index contributed by atoms with van der Waals surface area (Å²) in [6, 6.07) is 0. The molecule has 2 aliphatic heterocycles. The number of fused-ring (bicyclic) bond motifs is 1. The van der Waals surface area contributed by atoms with Crippen molar-refractivity contribution in [2.24, 2.45) is 0 Å². The molecule has 6 atom stereocenters. The molecular weight excluding hydrogens is 318 g/mol. The highest BCUT2D eigenvalue weighted by atomic mass is 16.8. The highest BCUT2D eigenvalue weighted by molar-refractivity contribution is 4.97. The number of aliphatic hydroxyl groups is 3. The fourth-order valence-corrected chi connectivity index (χ4v) is 3.16. The summed E-state index contributed by atoms with van der Waals surface area (Å²) in [7, 11) is 0. The van der Waals surface area contributed by atoms with Gasteiger partial charge in [0.05, 0.1) is 19.3 Å². The van der Waals surface area contributed by atoms with Gasteiger partial charge in [-0.1, -0.05) is 13.8 Å². The molecule has 0 bridgehead atoms. The molecule has 0 amide bonds. The van der Waals surface area contributed by atoms with Crippen LogP contribution in [0.2, 0.25) is 0 Å². The zero-order valence-corrected chi connectivity index (χ0v) is 14.9. The van der Waals surface area contributed by atoms with Crippen LogP contribution in [-0.2, 0) is 18.9 Å². The van der Waals surface area contributed by atoms with Crippen molar-refractivity contribution in [3.63, 3.8) is 0 Å². The molecule has 8 nitrogen and oxygen atoms in total. The Morgan fingerprint density at radius 3 is 2.42 bits per heavy atom. The molecule has 3 N–H and O–H groups in total. The van der Waals surface area contributed by atoms with Crippen LogP contribution in [0.1, 0.15) is 27.7 Å². The number of rotatable bonds is 9. The van der Waals surface area contributed by atoms with Crippen LogP contribution in [-0.4, -0.2) is 95.7 Å². The predicted molar refractivity (Wildman–Crippen MR) is 85.3 cm³/mol. The smallest absolute Gasteiger partial charge is 0.190 e. The van der Waals surface area contributed by atoms with Crippen LogP contribution in [0.3, 0.4) is 0 Å². The Bertz CT molecular complexity index is 391. The van der Waals surface area contributed by atoms with Gasteiger partial charge < -0.3 is 39.2 Å². The second kappa shape index (κ2) is 8.37. The first kappa shape index (κ1) is 20.0. The van der Waals surface area contributed by atoms with E-state index in [-0.39, 0.29) is 6.61 Å². The van der Waals surface area contributed by atoms with Crippen molar-refractivity contribution in [2.45, 2.75) is 70.3 Å². The van der Waals surface area contributed by atoms with Gasteiger partial charge >= 0.3 is 0 Å². The fourth-order valence-electron chi connectivity index (χ4n) is 3.16. The van der Waals surface area contributed by atoms with Crippen LogP contribution in [0, 0.1) is 0 Å². The summed E-state index contributed by atoms with van der Waals surface area (Å²) >= 11 is 0. The standard InChI is InChI=1S/C16H31NO7/c1-5-17(6-2)7-10(19)9-21-13-12(11(20)8-18)22-15-14(13)23-16(3,4)24-15/h10-15,18-20H,5-9H2,1-4H3/t10?,11-,12-,13+,14-,15-/m1/s1. The summed E-state index contributed by atoms with van der Waals surface area (Å²) < 4.78 is 22.9. The quantitative estimate of drug-likeness (QED) is 0.503. The maximum Gasteiger partial charge on any atom is 0.190 e. The zero-order chi connectivity index (χ0) is 17.9. The average Bonchev–Trinajstić information content (AvgIpc) is 3.01. The lowest BCUT2D eigenvalue weighted by molar-refractivity contribution is -0.232. The molecule has 2 rings (SSSR count). The van der Waals surface area contributed by atoms with Gasteiger partial charge in [-0.25, -0.2) is 0 Å². The number of hydrogen-bond donors (Lipinski definition) is 3. The molecule has 0 spiro atoms. The lowest BCUT2D eigenvalue weighted by Crippen LogP contribution is -2.45. The Morgan fingerprint density at radius 1 is 1.17 bits per heavy atom. The minimum absolute atomic E-state index is 0.0895. The molecule has 24 heavy (non-hydrogen) atoms. The summed E-state index contributed by atoms with van der Waals surface area (Å²) in [5, 5.41) is 29.4. The van der Waals surface area contributed by atoms with Crippen LogP contribution < -0.4 is 0 Å². The Labute approximate surface area is 143 Å². The summed E-state index contributed by atoms with van der Waals surface area (Å²) in [6.07, 6.45) is -4.31. The first-order valence-corrected chi connectivity index (χ1v) is 8.63. The summed E-state index contributed by atoms with van der Waals surface area (Å²) in [4.78, 5) is 2.10. The third-order valence-electron chi connectivity index (χ3n) is 4.44. The van der Waals surface area contributed by atoms with Gasteiger partial charge in [0, 0.05) is 6.54 Å². The molecule has 0 saturated carbocycles. The fraction of sp³-hybridized carbons (Fsp3) is 1.00. The van der Waals surface area contributed by atoms with Crippen molar-refractivity contribution >= 4 is 0 Å². The Hall–Kier alpha value is -0.320. The topological polar surface area (TPSA) is 101 Å². The molecule has 2 saturated heterocycles. The van der Waals surface area contributed by atoms with Crippen LogP contribution in [0.25, 0.3) is 0 Å². The molecule has 0 aromatic heterocycles. The van der Waals surface area contributed by atoms with E-state index in [4.69, 9.17) is 18.9 Å². The van der Waals surface area contributed by atoms with Gasteiger partial charge in [-0.3, -0.25) is 0 Å². The molecule has 1 unspecified atom stereocenters. The lowest BCUT2D eigenvalue weighted by Gasteiger charge is -2.29. The SMILES string of the molecule is CCN(CC)CC(O)CO[C@@H]1[C@H]2OC(C)(C)O[C@H]2O[C@@H]1[C@H](O)CO. The van der Waals surface area contributed by atoms with Gasteiger partial charge in [-0.2, -0.15) is 0 Å². The number of aliphatic hydroxyl groups excluding tert-OH is 3. The van der Waals surface area contributed by atoms with Crippen molar-refractivity contribution in [1.29, 1.82) is 0 Å². The number of ether oxygens (including phenoxy) is 4. The van der Waals surface area contributed by atoms with E-state index in [1.165, 1.54) is 0 Å². The van der Waals surface area contributed by atoms with Crippen molar-refractivity contribution in [3.8, 4) is 0 Å². The molecule has 142 valence electrons. The van der Waals surface area contributed by atoms with Crippen LogP contribution in [0.4, 0.5) is 0 Å². The maximum absolute atomic E-state index is 10.2. The minimum atomic E-state index is -1.10. The zero-order valence-electron chi connectivity index (χ0n) is 14.9. The average molecular weight is 349 g/mol. The molecule has 8 heteroatoms. The van der Waals surface area contributed by atoms with E-state index in [0.29, 0.717) is 6.54 Å². The Kier molecular flexibility index (Phi) is 6.98. The molecule has 0 aliphatic carbocycles. The maximum atomic E-state index is 10.2. The van der Waals surface area contributed by atoms with Gasteiger partial charge in [0.25, 0.3) is 0 Å². The minimum Gasteiger partial charge on any atom is -0.394 e. The van der Waals surface area contributed by atoms with E-state index in [1.807, 2.05) is 13.8 Å². The van der Waals surface area contributed by atoms with Crippen LogP contribution >= 0.6 is 0 Å². The lowest BCUT2D eigenvalue weighted by atomic mass is 10.1. The molecular formula is C16H31NO7. The van der Waals surface area contributed by atoms with Gasteiger partial charge in [0.15, 0.2) is 12.1 Å². The van der Waals surface area contributed by atoms with Crippen molar-refractivity contribution in [2.75, 3.05) is 32.8 Å². The van der Waals surface area contributed by atoms with E-state index in [1.54, 1.807) is 13.8 Å². The van der Waals surface area contributed by atoms with Crippen LogP contribution in [0.5, 0.6) is 0 Å². The van der Waals surface area contributed by atoms with E-state index in [9.17, 15) is 15.3 Å². The third-order valence-corrected chi connectivity index (χ3v) is 4.44. The third kappa shape index (κ3) is 4.64. The predicted octanol–water partition coefficient (Wildman–Crippen LogP) is -0.696. The van der Waals surface area contributed by atoms with E-state index in [0.717, 1.165) is 13.1 Å². The van der Waals surface area contributed by atoms with Crippen molar-refractivity contribution < 1.29 is 34.3 Å². The van der Waals surface area contributed by atoms with Gasteiger partial charge in [-0.15, -0.1) is 0 Å². The second-order valence-corrected chi connectivity index (χ2v) is 6.76. The number of nitrogens with zero attached hydrogens (tertiary/aromatic N) is 1. The summed E-state index contributed by atoms with van der Waals surface area (Å²) in [6.45, 7) is 9.46. The Morgan fingerprint density at radius 2 is 1.83 bits per heavy atom. The highest BCUT2D eigenvalue weighted by Gasteiger charge is 2.57. The van der Waals surface area contributed by atoms with Crippen LogP contribution in [0.15, 0.2) is 0 Å². The van der Waals surface area contributed by atoms with E-state index >= 15 is 0 Å². The molecule has 2 aliphatic rings. The van der Waals surface area contributed by atoms with Crippen molar-refractivity contribution in [3.05, 3.63) is 0 Å². The summed E-state index contributed by atoms with van der Waals surface area (Å²) in [5.41, 5.74) is 0. The molecule has 0 aromatic rings. The first-order valence-electron chi connectivity index (χ1n) is 8.63. The largest absolute Gasteiger partial charge is 0.394 e. The molecule has 2 fully saturated rings. The first-order chi connectivity index (χ1) is 11.3. The van der Waals surface area contributed by atoms with E-state index < -0.39 is 49.2 Å².